The third-order valence-electron chi connectivity index (χ3n) is 6.67. The van der Waals surface area contributed by atoms with Gasteiger partial charge < -0.3 is 18.6 Å². The van der Waals surface area contributed by atoms with Crippen molar-refractivity contribution in [2.45, 2.75) is 64.1 Å². The second kappa shape index (κ2) is 11.7. The highest BCUT2D eigenvalue weighted by Gasteiger charge is 2.42. The minimum atomic E-state index is -2.10. The zero-order valence-electron chi connectivity index (χ0n) is 21.8. The Kier molecular flexibility index (Phi) is 8.92. The van der Waals surface area contributed by atoms with E-state index in [1.54, 1.807) is 30.3 Å². The van der Waals surface area contributed by atoms with Crippen molar-refractivity contribution in [1.82, 2.24) is 0 Å². The number of cyclic esters (lactones) is 1. The van der Waals surface area contributed by atoms with Crippen molar-refractivity contribution < 1.29 is 28.2 Å². The molecule has 2 atom stereocenters. The monoisotopic (exact) mass is 508 g/mol. The van der Waals surface area contributed by atoms with E-state index in [2.05, 4.69) is 40.4 Å². The van der Waals surface area contributed by atoms with Gasteiger partial charge in [-0.25, -0.2) is 9.59 Å². The van der Waals surface area contributed by atoms with Crippen LogP contribution in [0, 0.1) is 0 Å². The van der Waals surface area contributed by atoms with Crippen LogP contribution in [-0.4, -0.2) is 39.1 Å². The van der Waals surface area contributed by atoms with E-state index < -0.39 is 26.4 Å². The standard InChI is InChI=1S/C29H36O6Si/c1-7-23(35-36(5,6)29(2,3)4)18-25-24(20-33-27(30)22-16-12-9-13-17-22)26(28(31)34-25)32-19-21-14-10-8-11-15-21/h7-17,23,25H,1,18-20H2,2-6H3/t23?,25-/m1/s1. The molecular weight excluding hydrogens is 472 g/mol. The van der Waals surface area contributed by atoms with Gasteiger partial charge in [0.15, 0.2) is 8.32 Å². The molecule has 0 fully saturated rings. The lowest BCUT2D eigenvalue weighted by atomic mass is 10.0. The Morgan fingerprint density at radius 1 is 1.06 bits per heavy atom. The fourth-order valence-electron chi connectivity index (χ4n) is 3.52. The molecule has 0 saturated heterocycles. The van der Waals surface area contributed by atoms with Crippen LogP contribution < -0.4 is 0 Å². The van der Waals surface area contributed by atoms with Crippen LogP contribution >= 0.6 is 0 Å². The lowest BCUT2D eigenvalue weighted by Crippen LogP contribution is -2.44. The second-order valence-electron chi connectivity index (χ2n) is 10.4. The fraction of sp³-hybridized carbons (Fsp3) is 0.379. The molecule has 0 saturated carbocycles. The Morgan fingerprint density at radius 3 is 2.25 bits per heavy atom. The van der Waals surface area contributed by atoms with Gasteiger partial charge in [0.2, 0.25) is 5.76 Å². The van der Waals surface area contributed by atoms with E-state index in [1.807, 2.05) is 36.4 Å². The quantitative estimate of drug-likeness (QED) is 0.204. The minimum absolute atomic E-state index is 0.00838. The molecule has 36 heavy (non-hydrogen) atoms. The molecule has 0 N–H and O–H groups in total. The van der Waals surface area contributed by atoms with Crippen molar-refractivity contribution in [2.24, 2.45) is 0 Å². The van der Waals surface area contributed by atoms with Crippen LogP contribution in [0.2, 0.25) is 18.1 Å². The van der Waals surface area contributed by atoms with Gasteiger partial charge in [0.1, 0.15) is 19.3 Å². The normalized spacial score (nSPS) is 16.9. The fourth-order valence-corrected chi connectivity index (χ4v) is 4.82. The first-order valence-electron chi connectivity index (χ1n) is 12.1. The van der Waals surface area contributed by atoms with E-state index in [0.717, 1.165) is 5.56 Å². The van der Waals surface area contributed by atoms with Gasteiger partial charge in [0.05, 0.1) is 17.2 Å². The number of ether oxygens (including phenoxy) is 3. The largest absolute Gasteiger partial charge is 0.482 e. The predicted octanol–water partition coefficient (Wildman–Crippen LogP) is 6.21. The molecule has 0 aromatic heterocycles. The molecule has 6 nitrogen and oxygen atoms in total. The topological polar surface area (TPSA) is 71.1 Å². The average molecular weight is 509 g/mol. The maximum atomic E-state index is 12.8. The summed E-state index contributed by atoms with van der Waals surface area (Å²) in [5, 5.41) is 0.00838. The Morgan fingerprint density at radius 2 is 1.67 bits per heavy atom. The molecule has 0 bridgehead atoms. The van der Waals surface area contributed by atoms with Crippen LogP contribution in [0.15, 0.2) is 84.7 Å². The average Bonchev–Trinajstić information content (AvgIpc) is 3.14. The van der Waals surface area contributed by atoms with Crippen molar-refractivity contribution >= 4 is 20.3 Å². The van der Waals surface area contributed by atoms with Gasteiger partial charge in [-0.1, -0.05) is 75.4 Å². The summed E-state index contributed by atoms with van der Waals surface area (Å²) < 4.78 is 23.7. The number of hydrogen-bond donors (Lipinski definition) is 0. The van der Waals surface area contributed by atoms with Gasteiger partial charge in [-0.2, -0.15) is 0 Å². The van der Waals surface area contributed by atoms with Gasteiger partial charge in [-0.05, 0) is 35.8 Å². The molecule has 0 radical (unpaired) electrons. The molecule has 0 spiro atoms. The zero-order chi connectivity index (χ0) is 26.3. The zero-order valence-corrected chi connectivity index (χ0v) is 22.8. The molecule has 1 aliphatic rings. The first-order valence-corrected chi connectivity index (χ1v) is 15.1. The van der Waals surface area contributed by atoms with Crippen molar-refractivity contribution in [3.05, 3.63) is 95.8 Å². The predicted molar refractivity (Wildman–Crippen MR) is 142 cm³/mol. The minimum Gasteiger partial charge on any atom is -0.482 e. The first-order chi connectivity index (χ1) is 17.0. The van der Waals surface area contributed by atoms with Crippen molar-refractivity contribution in [3.8, 4) is 0 Å². The summed E-state index contributed by atoms with van der Waals surface area (Å²) in [4.78, 5) is 25.4. The SMILES string of the molecule is C=CC(C[C@H]1OC(=O)C(OCc2ccccc2)=C1COC(=O)c1ccccc1)O[Si](C)(C)C(C)(C)C. The third kappa shape index (κ3) is 6.95. The summed E-state index contributed by atoms with van der Waals surface area (Å²) in [6.07, 6.45) is 1.11. The van der Waals surface area contributed by atoms with E-state index in [1.165, 1.54) is 0 Å². The third-order valence-corrected chi connectivity index (χ3v) is 11.2. The van der Waals surface area contributed by atoms with Gasteiger partial charge in [0.25, 0.3) is 0 Å². The van der Waals surface area contributed by atoms with E-state index in [4.69, 9.17) is 18.6 Å². The number of rotatable bonds is 11. The van der Waals surface area contributed by atoms with Crippen LogP contribution in [0.4, 0.5) is 0 Å². The molecule has 2 aromatic carbocycles. The molecule has 7 heteroatoms. The Hall–Kier alpha value is -3.16. The van der Waals surface area contributed by atoms with Crippen LogP contribution in [0.5, 0.6) is 0 Å². The number of carbonyl (C=O) groups excluding carboxylic acids is 2. The highest BCUT2D eigenvalue weighted by molar-refractivity contribution is 6.74. The lowest BCUT2D eigenvalue weighted by molar-refractivity contribution is -0.143. The van der Waals surface area contributed by atoms with Crippen LogP contribution in [-0.2, 0) is 30.0 Å². The Balaban J connectivity index is 1.81. The number of benzene rings is 2. The summed E-state index contributed by atoms with van der Waals surface area (Å²) in [5.74, 6) is -0.974. The second-order valence-corrected chi connectivity index (χ2v) is 15.1. The highest BCUT2D eigenvalue weighted by Crippen LogP contribution is 2.38. The lowest BCUT2D eigenvalue weighted by Gasteiger charge is -2.39. The van der Waals surface area contributed by atoms with E-state index in [0.29, 0.717) is 17.6 Å². The van der Waals surface area contributed by atoms with Gasteiger partial charge >= 0.3 is 11.9 Å². The summed E-state index contributed by atoms with van der Waals surface area (Å²) >= 11 is 0. The summed E-state index contributed by atoms with van der Waals surface area (Å²) in [6.45, 7) is 14.8. The van der Waals surface area contributed by atoms with E-state index >= 15 is 0 Å². The smallest absolute Gasteiger partial charge is 0.374 e. The van der Waals surface area contributed by atoms with Crippen LogP contribution in [0.25, 0.3) is 0 Å². The van der Waals surface area contributed by atoms with Crippen molar-refractivity contribution in [2.75, 3.05) is 6.61 Å². The van der Waals surface area contributed by atoms with E-state index in [9.17, 15) is 9.59 Å². The van der Waals surface area contributed by atoms with Crippen LogP contribution in [0.1, 0.15) is 43.1 Å². The molecule has 0 aliphatic carbocycles. The van der Waals surface area contributed by atoms with Crippen molar-refractivity contribution in [3.63, 3.8) is 0 Å². The maximum Gasteiger partial charge on any atom is 0.374 e. The van der Waals surface area contributed by atoms with E-state index in [-0.39, 0.29) is 30.1 Å². The van der Waals surface area contributed by atoms with Gasteiger partial charge in [0, 0.05) is 6.42 Å². The molecule has 0 amide bonds. The molecule has 2 aromatic rings. The first kappa shape index (κ1) is 27.4. The highest BCUT2D eigenvalue weighted by atomic mass is 28.4. The number of hydrogen-bond acceptors (Lipinski definition) is 6. The molecule has 1 unspecified atom stereocenters. The number of carbonyl (C=O) groups is 2. The molecular formula is C29H36O6Si. The summed E-state index contributed by atoms with van der Waals surface area (Å²) in [5.41, 5.74) is 1.83. The Labute approximate surface area is 215 Å². The number of esters is 2. The summed E-state index contributed by atoms with van der Waals surface area (Å²) in [7, 11) is -2.10. The van der Waals surface area contributed by atoms with Crippen molar-refractivity contribution in [1.29, 1.82) is 0 Å². The molecule has 1 heterocycles. The van der Waals surface area contributed by atoms with Gasteiger partial charge in [-0.3, -0.25) is 0 Å². The van der Waals surface area contributed by atoms with Crippen LogP contribution in [0.3, 0.4) is 0 Å². The maximum absolute atomic E-state index is 12.8. The Bertz CT molecular complexity index is 1090. The van der Waals surface area contributed by atoms with Gasteiger partial charge in [-0.15, -0.1) is 6.58 Å². The molecule has 192 valence electrons. The molecule has 3 rings (SSSR count). The molecule has 1 aliphatic heterocycles. The summed E-state index contributed by atoms with van der Waals surface area (Å²) in [6, 6.07) is 18.3.